The summed E-state index contributed by atoms with van der Waals surface area (Å²) >= 11 is 0. The van der Waals surface area contributed by atoms with Crippen LogP contribution in [-0.4, -0.2) is 37.3 Å². The van der Waals surface area contributed by atoms with Gasteiger partial charge >= 0.3 is 5.97 Å². The van der Waals surface area contributed by atoms with Crippen LogP contribution in [-0.2, 0) is 14.3 Å². The average Bonchev–Trinajstić information content (AvgIpc) is 2.43. The molecule has 1 aromatic carbocycles. The van der Waals surface area contributed by atoms with Gasteiger partial charge in [0.1, 0.15) is 6.10 Å². The monoisotopic (exact) mass is 285 g/mol. The van der Waals surface area contributed by atoms with Crippen molar-refractivity contribution in [3.05, 3.63) is 29.6 Å². The van der Waals surface area contributed by atoms with Crippen molar-refractivity contribution in [2.24, 2.45) is 0 Å². The van der Waals surface area contributed by atoms with Crippen molar-refractivity contribution in [3.63, 3.8) is 0 Å². The highest BCUT2D eigenvalue weighted by Crippen LogP contribution is 2.22. The summed E-state index contributed by atoms with van der Waals surface area (Å²) in [4.78, 5) is 22.9. The van der Waals surface area contributed by atoms with E-state index >= 15 is 0 Å². The van der Waals surface area contributed by atoms with Crippen LogP contribution >= 0.6 is 0 Å². The molecule has 0 heterocycles. The fourth-order valence-electron chi connectivity index (χ4n) is 1.52. The van der Waals surface area contributed by atoms with Gasteiger partial charge < -0.3 is 19.9 Å². The summed E-state index contributed by atoms with van der Waals surface area (Å²) in [5.41, 5.74) is 0.104. The molecule has 0 saturated heterocycles. The molecule has 7 heteroatoms. The van der Waals surface area contributed by atoms with Gasteiger partial charge in [-0.2, -0.15) is 0 Å². The number of hydrogen-bond donors (Lipinski definition) is 2. The summed E-state index contributed by atoms with van der Waals surface area (Å²) in [5.74, 6) is -2.61. The van der Waals surface area contributed by atoms with Crippen LogP contribution in [0.2, 0.25) is 0 Å². The van der Waals surface area contributed by atoms with Crippen LogP contribution in [0.15, 0.2) is 18.2 Å². The number of carbonyl (C=O) groups excluding carboxylic acids is 1. The molecule has 0 bridgehead atoms. The van der Waals surface area contributed by atoms with Crippen molar-refractivity contribution < 1.29 is 28.6 Å². The highest BCUT2D eigenvalue weighted by Gasteiger charge is 2.25. The molecule has 0 aliphatic carbocycles. The standard InChI is InChI=1S/C13H16FNO5/c1-7(19-2)12(16)15-11(13(17)18)8-4-5-10(20-3)9(14)6-8/h4-7,11H,1-3H3,(H,15,16)(H,17,18). The van der Waals surface area contributed by atoms with E-state index in [4.69, 9.17) is 14.6 Å². The van der Waals surface area contributed by atoms with E-state index in [0.29, 0.717) is 0 Å². The molecule has 0 radical (unpaired) electrons. The largest absolute Gasteiger partial charge is 0.494 e. The number of rotatable bonds is 6. The molecule has 1 amide bonds. The van der Waals surface area contributed by atoms with Gasteiger partial charge in [0.25, 0.3) is 0 Å². The number of aliphatic carboxylic acids is 1. The minimum atomic E-state index is -1.36. The zero-order valence-electron chi connectivity index (χ0n) is 11.3. The molecule has 0 saturated carbocycles. The lowest BCUT2D eigenvalue weighted by Crippen LogP contribution is -2.39. The molecule has 0 aliphatic heterocycles. The maximum absolute atomic E-state index is 13.6. The Morgan fingerprint density at radius 1 is 1.35 bits per heavy atom. The Morgan fingerprint density at radius 2 is 2.00 bits per heavy atom. The van der Waals surface area contributed by atoms with Crippen molar-refractivity contribution in [2.75, 3.05) is 14.2 Å². The number of carbonyl (C=O) groups is 2. The van der Waals surface area contributed by atoms with E-state index < -0.39 is 29.8 Å². The second kappa shape index (κ2) is 6.85. The fraction of sp³-hybridized carbons (Fsp3) is 0.385. The third-order valence-electron chi connectivity index (χ3n) is 2.77. The summed E-state index contributed by atoms with van der Waals surface area (Å²) in [6.45, 7) is 1.48. The van der Waals surface area contributed by atoms with Crippen LogP contribution in [0.4, 0.5) is 4.39 Å². The molecule has 0 aliphatic rings. The maximum Gasteiger partial charge on any atom is 0.330 e. The van der Waals surface area contributed by atoms with Gasteiger partial charge in [-0.1, -0.05) is 6.07 Å². The number of halogens is 1. The van der Waals surface area contributed by atoms with E-state index in [9.17, 15) is 14.0 Å². The van der Waals surface area contributed by atoms with Crippen LogP contribution < -0.4 is 10.1 Å². The lowest BCUT2D eigenvalue weighted by atomic mass is 10.1. The van der Waals surface area contributed by atoms with Crippen molar-refractivity contribution >= 4 is 11.9 Å². The number of benzene rings is 1. The number of hydrogen-bond acceptors (Lipinski definition) is 4. The molecule has 2 atom stereocenters. The molecular formula is C13H16FNO5. The number of ether oxygens (including phenoxy) is 2. The Hall–Kier alpha value is -2.15. The van der Waals surface area contributed by atoms with Crippen LogP contribution in [0.25, 0.3) is 0 Å². The van der Waals surface area contributed by atoms with E-state index in [1.807, 2.05) is 0 Å². The molecule has 0 fully saturated rings. The Balaban J connectivity index is 3.00. The maximum atomic E-state index is 13.6. The van der Waals surface area contributed by atoms with Crippen LogP contribution in [0.1, 0.15) is 18.5 Å². The van der Waals surface area contributed by atoms with Crippen molar-refractivity contribution in [1.29, 1.82) is 0 Å². The first-order valence-electron chi connectivity index (χ1n) is 5.80. The molecule has 1 aromatic rings. The number of amides is 1. The molecular weight excluding hydrogens is 269 g/mol. The molecule has 2 N–H and O–H groups in total. The second-order valence-electron chi connectivity index (χ2n) is 4.05. The topological polar surface area (TPSA) is 84.9 Å². The first-order valence-corrected chi connectivity index (χ1v) is 5.80. The highest BCUT2D eigenvalue weighted by molar-refractivity contribution is 5.86. The van der Waals surface area contributed by atoms with Gasteiger partial charge in [0, 0.05) is 7.11 Å². The number of nitrogens with one attached hydrogen (secondary N) is 1. The zero-order chi connectivity index (χ0) is 15.3. The number of methoxy groups -OCH3 is 2. The number of carboxylic acids is 1. The van der Waals surface area contributed by atoms with Gasteiger partial charge in [0.05, 0.1) is 7.11 Å². The van der Waals surface area contributed by atoms with Crippen LogP contribution in [0, 0.1) is 5.82 Å². The van der Waals surface area contributed by atoms with E-state index in [0.717, 1.165) is 6.07 Å². The Morgan fingerprint density at radius 3 is 2.45 bits per heavy atom. The average molecular weight is 285 g/mol. The van der Waals surface area contributed by atoms with Crippen LogP contribution in [0.3, 0.4) is 0 Å². The number of carboxylic acid groups (broad SMARTS) is 1. The van der Waals surface area contributed by atoms with Gasteiger partial charge in [0.2, 0.25) is 5.91 Å². The normalized spacial score (nSPS) is 13.4. The first-order chi connectivity index (χ1) is 9.40. The Bertz CT molecular complexity index is 506. The minimum absolute atomic E-state index is 0.00512. The molecule has 20 heavy (non-hydrogen) atoms. The molecule has 0 aromatic heterocycles. The third-order valence-corrected chi connectivity index (χ3v) is 2.77. The van der Waals surface area contributed by atoms with E-state index in [2.05, 4.69) is 5.32 Å². The van der Waals surface area contributed by atoms with Gasteiger partial charge in [-0.05, 0) is 24.6 Å². The summed E-state index contributed by atoms with van der Waals surface area (Å²) in [6, 6.07) is 2.32. The van der Waals surface area contributed by atoms with E-state index in [-0.39, 0.29) is 11.3 Å². The smallest absolute Gasteiger partial charge is 0.330 e. The molecule has 110 valence electrons. The Kier molecular flexibility index (Phi) is 5.45. The predicted octanol–water partition coefficient (Wildman–Crippen LogP) is 1.11. The van der Waals surface area contributed by atoms with Gasteiger partial charge in [-0.3, -0.25) is 4.79 Å². The SMILES string of the molecule is COc1ccc(C(NC(=O)C(C)OC)C(=O)O)cc1F. The summed E-state index contributed by atoms with van der Waals surface area (Å²) in [5, 5.41) is 11.4. The highest BCUT2D eigenvalue weighted by atomic mass is 19.1. The van der Waals surface area contributed by atoms with Crippen molar-refractivity contribution in [1.82, 2.24) is 5.32 Å². The van der Waals surface area contributed by atoms with Gasteiger partial charge in [-0.15, -0.1) is 0 Å². The lowest BCUT2D eigenvalue weighted by molar-refractivity contribution is -0.143. The predicted molar refractivity (Wildman–Crippen MR) is 67.9 cm³/mol. The summed E-state index contributed by atoms with van der Waals surface area (Å²) in [6.07, 6.45) is -0.806. The zero-order valence-corrected chi connectivity index (χ0v) is 11.3. The molecule has 0 spiro atoms. The molecule has 2 unspecified atom stereocenters. The van der Waals surface area contributed by atoms with E-state index in [1.54, 1.807) is 0 Å². The molecule has 6 nitrogen and oxygen atoms in total. The fourth-order valence-corrected chi connectivity index (χ4v) is 1.52. The molecule has 1 rings (SSSR count). The third kappa shape index (κ3) is 3.67. The van der Waals surface area contributed by atoms with Gasteiger partial charge in [-0.25, -0.2) is 9.18 Å². The van der Waals surface area contributed by atoms with E-state index in [1.165, 1.54) is 33.3 Å². The van der Waals surface area contributed by atoms with Crippen molar-refractivity contribution in [3.8, 4) is 5.75 Å². The minimum Gasteiger partial charge on any atom is -0.494 e. The summed E-state index contributed by atoms with van der Waals surface area (Å²) in [7, 11) is 2.63. The van der Waals surface area contributed by atoms with Crippen molar-refractivity contribution in [2.45, 2.75) is 19.1 Å². The van der Waals surface area contributed by atoms with Crippen LogP contribution in [0.5, 0.6) is 5.75 Å². The van der Waals surface area contributed by atoms with Gasteiger partial charge in [0.15, 0.2) is 17.6 Å². The second-order valence-corrected chi connectivity index (χ2v) is 4.05. The quantitative estimate of drug-likeness (QED) is 0.818. The first kappa shape index (κ1) is 15.9. The lowest BCUT2D eigenvalue weighted by Gasteiger charge is -2.18. The summed E-state index contributed by atoms with van der Waals surface area (Å²) < 4.78 is 23.1. The Labute approximate surface area is 115 Å².